The molecule has 0 aliphatic carbocycles. The smallest absolute Gasteiger partial charge is 0.246 e. The summed E-state index contributed by atoms with van der Waals surface area (Å²) in [6.45, 7) is 6.47. The Labute approximate surface area is 143 Å². The summed E-state index contributed by atoms with van der Waals surface area (Å²) in [7, 11) is 0. The average molecular weight is 324 g/mol. The molecule has 2 aromatic carbocycles. The fourth-order valence-corrected chi connectivity index (χ4v) is 2.61. The molecular formula is C20H24N2O2. The molecule has 4 heteroatoms. The van der Waals surface area contributed by atoms with Gasteiger partial charge in [-0.3, -0.25) is 9.59 Å². The van der Waals surface area contributed by atoms with Gasteiger partial charge in [-0.25, -0.2) is 0 Å². The number of amides is 2. The fourth-order valence-electron chi connectivity index (χ4n) is 2.61. The van der Waals surface area contributed by atoms with Gasteiger partial charge in [0.15, 0.2) is 0 Å². The lowest BCUT2D eigenvalue weighted by Crippen LogP contribution is -2.40. The van der Waals surface area contributed by atoms with Gasteiger partial charge < -0.3 is 10.2 Å². The van der Waals surface area contributed by atoms with E-state index in [0.717, 1.165) is 22.4 Å². The molecule has 0 radical (unpaired) electrons. The van der Waals surface area contributed by atoms with Crippen LogP contribution in [-0.2, 0) is 16.0 Å². The third-order valence-electron chi connectivity index (χ3n) is 3.98. The minimum Gasteiger partial charge on any atom is -0.347 e. The molecule has 2 aromatic rings. The second kappa shape index (κ2) is 8.29. The van der Waals surface area contributed by atoms with Crippen molar-refractivity contribution >= 4 is 17.5 Å². The molecule has 2 amide bonds. The van der Waals surface area contributed by atoms with E-state index in [4.69, 9.17) is 0 Å². The average Bonchev–Trinajstić information content (AvgIpc) is 2.56. The summed E-state index contributed by atoms with van der Waals surface area (Å²) in [5, 5.41) is 2.73. The zero-order valence-electron chi connectivity index (χ0n) is 14.5. The van der Waals surface area contributed by atoms with Crippen LogP contribution in [-0.4, -0.2) is 24.9 Å². The molecule has 0 fully saturated rings. The van der Waals surface area contributed by atoms with Gasteiger partial charge in [-0.05, 0) is 49.6 Å². The standard InChI is InChI=1S/C20H24N2O2/c1-4-22(18-11-7-8-15(2)12-18)20(24)14-21-19(23)13-17-10-6-5-9-16(17)3/h5-12H,4,13-14H2,1-3H3,(H,21,23). The van der Waals surface area contributed by atoms with Crippen molar-refractivity contribution in [2.24, 2.45) is 0 Å². The normalized spacial score (nSPS) is 10.3. The van der Waals surface area contributed by atoms with Crippen molar-refractivity contribution in [2.75, 3.05) is 18.0 Å². The zero-order chi connectivity index (χ0) is 17.5. The van der Waals surface area contributed by atoms with Crippen molar-refractivity contribution in [3.05, 3.63) is 65.2 Å². The number of benzene rings is 2. The second-order valence-electron chi connectivity index (χ2n) is 5.86. The minimum absolute atomic E-state index is 0.00644. The maximum absolute atomic E-state index is 12.4. The van der Waals surface area contributed by atoms with E-state index >= 15 is 0 Å². The van der Waals surface area contributed by atoms with Crippen LogP contribution in [0.25, 0.3) is 0 Å². The molecule has 1 N–H and O–H groups in total. The number of carbonyl (C=O) groups is 2. The van der Waals surface area contributed by atoms with Crippen LogP contribution in [0, 0.1) is 13.8 Å². The number of carbonyl (C=O) groups excluding carboxylic acids is 2. The van der Waals surface area contributed by atoms with Gasteiger partial charge in [0.1, 0.15) is 0 Å². The summed E-state index contributed by atoms with van der Waals surface area (Å²) in [4.78, 5) is 26.2. The maximum atomic E-state index is 12.4. The topological polar surface area (TPSA) is 49.4 Å². The molecule has 0 spiro atoms. The number of likely N-dealkylation sites (N-methyl/N-ethyl adjacent to an activating group) is 1. The van der Waals surface area contributed by atoms with E-state index in [1.165, 1.54) is 0 Å². The Morgan fingerprint density at radius 1 is 1.04 bits per heavy atom. The van der Waals surface area contributed by atoms with Crippen LogP contribution >= 0.6 is 0 Å². The molecule has 0 unspecified atom stereocenters. The number of aryl methyl sites for hydroxylation is 2. The number of nitrogens with one attached hydrogen (secondary N) is 1. The van der Waals surface area contributed by atoms with Crippen molar-refractivity contribution < 1.29 is 9.59 Å². The highest BCUT2D eigenvalue weighted by Crippen LogP contribution is 2.15. The number of rotatable bonds is 6. The first-order valence-electron chi connectivity index (χ1n) is 8.19. The van der Waals surface area contributed by atoms with Gasteiger partial charge in [0.2, 0.25) is 11.8 Å². The van der Waals surface area contributed by atoms with Crippen LogP contribution < -0.4 is 10.2 Å². The molecule has 0 saturated heterocycles. The van der Waals surface area contributed by atoms with Gasteiger partial charge in [0.05, 0.1) is 13.0 Å². The van der Waals surface area contributed by atoms with E-state index in [2.05, 4.69) is 5.32 Å². The summed E-state index contributed by atoms with van der Waals surface area (Å²) in [6, 6.07) is 15.6. The predicted octanol–water partition coefficient (Wildman–Crippen LogP) is 3.02. The molecule has 24 heavy (non-hydrogen) atoms. The quantitative estimate of drug-likeness (QED) is 0.888. The Hall–Kier alpha value is -2.62. The number of nitrogens with zero attached hydrogens (tertiary/aromatic N) is 1. The third-order valence-corrected chi connectivity index (χ3v) is 3.98. The number of hydrogen-bond acceptors (Lipinski definition) is 2. The monoisotopic (exact) mass is 324 g/mol. The summed E-state index contributed by atoms with van der Waals surface area (Å²) < 4.78 is 0. The molecule has 0 heterocycles. The Balaban J connectivity index is 1.94. The highest BCUT2D eigenvalue weighted by molar-refractivity contribution is 5.96. The molecule has 0 aliphatic rings. The van der Waals surface area contributed by atoms with Gasteiger partial charge in [-0.15, -0.1) is 0 Å². The lowest BCUT2D eigenvalue weighted by Gasteiger charge is -2.21. The lowest BCUT2D eigenvalue weighted by atomic mass is 10.1. The van der Waals surface area contributed by atoms with Gasteiger partial charge in [0.25, 0.3) is 0 Å². The Bertz CT molecular complexity index is 725. The SMILES string of the molecule is CCN(C(=O)CNC(=O)Cc1ccccc1C)c1cccc(C)c1. The van der Waals surface area contributed by atoms with Crippen molar-refractivity contribution in [3.8, 4) is 0 Å². The first kappa shape index (κ1) is 17.7. The molecule has 0 saturated carbocycles. The molecule has 2 rings (SSSR count). The molecular weight excluding hydrogens is 300 g/mol. The van der Waals surface area contributed by atoms with Gasteiger partial charge >= 0.3 is 0 Å². The molecule has 0 aliphatic heterocycles. The Kier molecular flexibility index (Phi) is 6.13. The van der Waals surface area contributed by atoms with Crippen LogP contribution in [0.1, 0.15) is 23.6 Å². The molecule has 4 nitrogen and oxygen atoms in total. The van der Waals surface area contributed by atoms with Crippen LogP contribution in [0.5, 0.6) is 0 Å². The second-order valence-corrected chi connectivity index (χ2v) is 5.86. The maximum Gasteiger partial charge on any atom is 0.246 e. The van der Waals surface area contributed by atoms with Crippen molar-refractivity contribution in [1.29, 1.82) is 0 Å². The van der Waals surface area contributed by atoms with Crippen molar-refractivity contribution in [3.63, 3.8) is 0 Å². The third kappa shape index (κ3) is 4.69. The Morgan fingerprint density at radius 3 is 2.46 bits per heavy atom. The van der Waals surface area contributed by atoms with Gasteiger partial charge in [-0.1, -0.05) is 36.4 Å². The van der Waals surface area contributed by atoms with E-state index in [9.17, 15) is 9.59 Å². The van der Waals surface area contributed by atoms with Crippen LogP contribution in [0.15, 0.2) is 48.5 Å². The van der Waals surface area contributed by atoms with E-state index in [0.29, 0.717) is 6.54 Å². The van der Waals surface area contributed by atoms with E-state index in [-0.39, 0.29) is 24.8 Å². The summed E-state index contributed by atoms with van der Waals surface area (Å²) in [5.74, 6) is -0.251. The first-order chi connectivity index (χ1) is 11.5. The fraction of sp³-hybridized carbons (Fsp3) is 0.300. The zero-order valence-corrected chi connectivity index (χ0v) is 14.5. The lowest BCUT2D eigenvalue weighted by molar-refractivity contribution is -0.124. The van der Waals surface area contributed by atoms with Crippen molar-refractivity contribution in [1.82, 2.24) is 5.32 Å². The molecule has 0 aromatic heterocycles. The minimum atomic E-state index is -0.141. The van der Waals surface area contributed by atoms with Crippen molar-refractivity contribution in [2.45, 2.75) is 27.2 Å². The van der Waals surface area contributed by atoms with Gasteiger partial charge in [0, 0.05) is 12.2 Å². The van der Waals surface area contributed by atoms with Crippen LogP contribution in [0.3, 0.4) is 0 Å². The van der Waals surface area contributed by atoms with Gasteiger partial charge in [-0.2, -0.15) is 0 Å². The van der Waals surface area contributed by atoms with Crippen LogP contribution in [0.2, 0.25) is 0 Å². The van der Waals surface area contributed by atoms with E-state index in [1.54, 1.807) is 4.90 Å². The van der Waals surface area contributed by atoms with E-state index in [1.807, 2.05) is 69.3 Å². The first-order valence-corrected chi connectivity index (χ1v) is 8.19. The summed E-state index contributed by atoms with van der Waals surface area (Å²) >= 11 is 0. The largest absolute Gasteiger partial charge is 0.347 e. The number of anilines is 1. The predicted molar refractivity (Wildman–Crippen MR) is 97.1 cm³/mol. The molecule has 126 valence electrons. The van der Waals surface area contributed by atoms with Crippen LogP contribution in [0.4, 0.5) is 5.69 Å². The highest BCUT2D eigenvalue weighted by atomic mass is 16.2. The Morgan fingerprint density at radius 2 is 1.79 bits per heavy atom. The molecule has 0 atom stereocenters. The molecule has 0 bridgehead atoms. The summed E-state index contributed by atoms with van der Waals surface area (Å²) in [6.07, 6.45) is 0.288. The number of hydrogen-bond donors (Lipinski definition) is 1. The highest BCUT2D eigenvalue weighted by Gasteiger charge is 2.15. The summed E-state index contributed by atoms with van der Waals surface area (Å²) in [5.41, 5.74) is 4.01. The van der Waals surface area contributed by atoms with E-state index < -0.39 is 0 Å².